The van der Waals surface area contributed by atoms with Gasteiger partial charge in [0.2, 0.25) is 5.91 Å². The van der Waals surface area contributed by atoms with Gasteiger partial charge in [-0.3, -0.25) is 9.59 Å². The number of carboxylic acid groups (broad SMARTS) is 1. The Bertz CT molecular complexity index is 1080. The second kappa shape index (κ2) is 8.76. The van der Waals surface area contributed by atoms with Gasteiger partial charge in [0.25, 0.3) is 0 Å². The number of likely N-dealkylation sites (tertiary alicyclic amines) is 1. The van der Waals surface area contributed by atoms with Crippen molar-refractivity contribution < 1.29 is 29.3 Å². The number of aliphatic carboxylic acids is 1. The Hall–Kier alpha value is -3.39. The molecule has 2 aromatic rings. The lowest BCUT2D eigenvalue weighted by Gasteiger charge is -2.34. The number of aliphatic hydroxyl groups is 1. The minimum Gasteiger partial charge on any atom is -0.481 e. The van der Waals surface area contributed by atoms with Crippen molar-refractivity contribution in [1.29, 1.82) is 0 Å². The molecule has 1 aliphatic heterocycles. The molecule has 8 nitrogen and oxygen atoms in total. The number of carbonyl (C=O) groups is 3. The number of alkyl carbamates (subject to hydrolysis) is 1. The molecule has 1 saturated carbocycles. The first-order chi connectivity index (χ1) is 16.3. The molecule has 3 aliphatic rings. The van der Waals surface area contributed by atoms with Gasteiger partial charge in [-0.15, -0.1) is 0 Å². The molecule has 0 radical (unpaired) electrons. The summed E-state index contributed by atoms with van der Waals surface area (Å²) in [5.41, 5.74) is 3.90. The van der Waals surface area contributed by atoms with Gasteiger partial charge >= 0.3 is 12.1 Å². The number of piperidine rings is 1. The number of benzene rings is 2. The van der Waals surface area contributed by atoms with Crippen LogP contribution in [0.25, 0.3) is 11.1 Å². The van der Waals surface area contributed by atoms with Crippen molar-refractivity contribution in [2.24, 2.45) is 5.92 Å². The number of rotatable bonds is 6. The maximum Gasteiger partial charge on any atom is 0.407 e. The van der Waals surface area contributed by atoms with Crippen LogP contribution in [0, 0.1) is 5.92 Å². The van der Waals surface area contributed by atoms with Gasteiger partial charge in [0.15, 0.2) is 0 Å². The van der Waals surface area contributed by atoms with E-state index < -0.39 is 29.6 Å². The Morgan fingerprint density at radius 1 is 1.00 bits per heavy atom. The second-order valence-electron chi connectivity index (χ2n) is 9.63. The van der Waals surface area contributed by atoms with E-state index in [4.69, 9.17) is 4.74 Å². The van der Waals surface area contributed by atoms with E-state index in [9.17, 15) is 24.6 Å². The van der Waals surface area contributed by atoms with E-state index in [0.717, 1.165) is 22.3 Å². The van der Waals surface area contributed by atoms with Crippen molar-refractivity contribution in [2.45, 2.75) is 43.2 Å². The Morgan fingerprint density at radius 2 is 1.62 bits per heavy atom. The summed E-state index contributed by atoms with van der Waals surface area (Å²) in [5, 5.41) is 22.1. The molecule has 1 heterocycles. The maximum atomic E-state index is 12.8. The average molecular weight is 465 g/mol. The molecule has 2 aliphatic carbocycles. The SMILES string of the molecule is O=C(NC1(CC(=O)N2CC(O)CC(C(=O)O)C2)CC1)OCC1c2ccccc2-c2ccccc21. The molecular weight excluding hydrogens is 436 g/mol. The van der Waals surface area contributed by atoms with Crippen LogP contribution in [0.2, 0.25) is 0 Å². The fraction of sp³-hybridized carbons (Fsp3) is 0.423. The molecule has 2 aromatic carbocycles. The van der Waals surface area contributed by atoms with Crippen molar-refractivity contribution in [2.75, 3.05) is 19.7 Å². The fourth-order valence-electron chi connectivity index (χ4n) is 5.20. The lowest BCUT2D eigenvalue weighted by Crippen LogP contribution is -2.50. The third kappa shape index (κ3) is 4.37. The van der Waals surface area contributed by atoms with Gasteiger partial charge in [0, 0.05) is 19.0 Å². The highest BCUT2D eigenvalue weighted by Crippen LogP contribution is 2.45. The molecule has 2 unspecified atom stereocenters. The third-order valence-electron chi connectivity index (χ3n) is 7.18. The molecule has 178 valence electrons. The van der Waals surface area contributed by atoms with Crippen LogP contribution < -0.4 is 5.32 Å². The second-order valence-corrected chi connectivity index (χ2v) is 9.63. The van der Waals surface area contributed by atoms with E-state index in [-0.39, 0.29) is 44.4 Å². The molecule has 1 saturated heterocycles. The van der Waals surface area contributed by atoms with Crippen LogP contribution >= 0.6 is 0 Å². The van der Waals surface area contributed by atoms with Crippen LogP contribution in [0.5, 0.6) is 0 Å². The number of amides is 2. The number of β-amino-alcohol motifs (C(OH)–C–C–N with tert-alkyl or cyclic N) is 1. The summed E-state index contributed by atoms with van der Waals surface area (Å²) in [6.45, 7) is 0.387. The summed E-state index contributed by atoms with van der Waals surface area (Å²) in [6, 6.07) is 16.2. The summed E-state index contributed by atoms with van der Waals surface area (Å²) in [7, 11) is 0. The lowest BCUT2D eigenvalue weighted by atomic mass is 9.95. The van der Waals surface area contributed by atoms with E-state index in [1.54, 1.807) is 0 Å². The summed E-state index contributed by atoms with van der Waals surface area (Å²) >= 11 is 0. The highest BCUT2D eigenvalue weighted by molar-refractivity contribution is 5.81. The highest BCUT2D eigenvalue weighted by atomic mass is 16.5. The Labute approximate surface area is 197 Å². The molecule has 8 heteroatoms. The minimum absolute atomic E-state index is 0.0438. The number of carboxylic acids is 1. The molecule has 2 fully saturated rings. The van der Waals surface area contributed by atoms with Gasteiger partial charge in [0.1, 0.15) is 6.61 Å². The summed E-state index contributed by atoms with van der Waals surface area (Å²) in [4.78, 5) is 38.2. The van der Waals surface area contributed by atoms with Gasteiger partial charge in [0.05, 0.1) is 24.0 Å². The van der Waals surface area contributed by atoms with Crippen LogP contribution in [0.4, 0.5) is 4.79 Å². The van der Waals surface area contributed by atoms with Crippen molar-refractivity contribution >= 4 is 18.0 Å². The predicted molar refractivity (Wildman–Crippen MR) is 123 cm³/mol. The van der Waals surface area contributed by atoms with Gasteiger partial charge in [-0.1, -0.05) is 48.5 Å². The van der Waals surface area contributed by atoms with Gasteiger partial charge in [-0.05, 0) is 41.5 Å². The van der Waals surface area contributed by atoms with E-state index >= 15 is 0 Å². The smallest absolute Gasteiger partial charge is 0.407 e. The first kappa shape index (κ1) is 22.4. The third-order valence-corrected chi connectivity index (χ3v) is 7.18. The summed E-state index contributed by atoms with van der Waals surface area (Å²) in [6.07, 6.45) is 0.0975. The Balaban J connectivity index is 1.19. The number of hydrogen-bond donors (Lipinski definition) is 3. The zero-order valence-corrected chi connectivity index (χ0v) is 18.8. The highest BCUT2D eigenvalue weighted by Gasteiger charge is 2.48. The topological polar surface area (TPSA) is 116 Å². The molecule has 34 heavy (non-hydrogen) atoms. The molecule has 0 spiro atoms. The molecule has 2 amide bonds. The van der Waals surface area contributed by atoms with Gasteiger partial charge in [-0.25, -0.2) is 4.79 Å². The molecule has 0 bridgehead atoms. The minimum atomic E-state index is -1.02. The van der Waals surface area contributed by atoms with E-state index in [1.807, 2.05) is 24.3 Å². The Morgan fingerprint density at radius 3 is 2.21 bits per heavy atom. The average Bonchev–Trinajstić information content (AvgIpc) is 3.49. The number of carbonyl (C=O) groups excluding carboxylic acids is 2. The van der Waals surface area contributed by atoms with Crippen molar-refractivity contribution in [3.8, 4) is 11.1 Å². The number of fused-ring (bicyclic) bond motifs is 3. The van der Waals surface area contributed by atoms with Crippen molar-refractivity contribution in [1.82, 2.24) is 10.2 Å². The molecular formula is C26H28N2O6. The molecule has 0 aromatic heterocycles. The fourth-order valence-corrected chi connectivity index (χ4v) is 5.20. The quantitative estimate of drug-likeness (QED) is 0.605. The van der Waals surface area contributed by atoms with Crippen LogP contribution in [0.15, 0.2) is 48.5 Å². The Kier molecular flexibility index (Phi) is 5.77. The first-order valence-electron chi connectivity index (χ1n) is 11.7. The van der Waals surface area contributed by atoms with Crippen LogP contribution in [0.3, 0.4) is 0 Å². The number of ether oxygens (including phenoxy) is 1. The van der Waals surface area contributed by atoms with E-state index in [2.05, 4.69) is 29.6 Å². The van der Waals surface area contributed by atoms with Crippen LogP contribution in [-0.2, 0) is 14.3 Å². The van der Waals surface area contributed by atoms with E-state index in [0.29, 0.717) is 12.8 Å². The molecule has 5 rings (SSSR count). The lowest BCUT2D eigenvalue weighted by molar-refractivity contribution is -0.149. The number of nitrogens with one attached hydrogen (secondary N) is 1. The normalized spacial score (nSPS) is 22.4. The zero-order chi connectivity index (χ0) is 23.9. The van der Waals surface area contributed by atoms with Gasteiger partial charge in [-0.2, -0.15) is 0 Å². The summed E-state index contributed by atoms with van der Waals surface area (Å²) in [5.74, 6) is -2.11. The van der Waals surface area contributed by atoms with Crippen molar-refractivity contribution in [3.05, 3.63) is 59.7 Å². The number of aliphatic hydroxyl groups excluding tert-OH is 1. The van der Waals surface area contributed by atoms with Gasteiger partial charge < -0.3 is 25.2 Å². The predicted octanol–water partition coefficient (Wildman–Crippen LogP) is 2.74. The standard InChI is InChI=1S/C26H28N2O6/c29-17-11-16(24(31)32)13-28(14-17)23(30)12-26(9-10-26)27-25(33)34-15-22-20-7-3-1-5-18(20)19-6-2-4-8-21(19)22/h1-8,16-17,22,29H,9-15H2,(H,27,33)(H,31,32). The maximum absolute atomic E-state index is 12.8. The van der Waals surface area contributed by atoms with E-state index in [1.165, 1.54) is 4.90 Å². The summed E-state index contributed by atoms with van der Waals surface area (Å²) < 4.78 is 5.62. The largest absolute Gasteiger partial charge is 0.481 e. The zero-order valence-electron chi connectivity index (χ0n) is 18.8. The molecule has 3 N–H and O–H groups in total. The van der Waals surface area contributed by atoms with Crippen LogP contribution in [0.1, 0.15) is 42.7 Å². The van der Waals surface area contributed by atoms with Crippen molar-refractivity contribution in [3.63, 3.8) is 0 Å². The van der Waals surface area contributed by atoms with Crippen LogP contribution in [-0.4, -0.2) is 64.4 Å². The monoisotopic (exact) mass is 464 g/mol. The number of hydrogen-bond acceptors (Lipinski definition) is 5. The first-order valence-corrected chi connectivity index (χ1v) is 11.7. The number of nitrogens with zero attached hydrogens (tertiary/aromatic N) is 1. The molecule has 2 atom stereocenters.